The monoisotopic (exact) mass is 590 g/mol. The van der Waals surface area contributed by atoms with Crippen molar-refractivity contribution in [2.24, 2.45) is 0 Å². The number of aliphatic hydroxyl groups is 2. The summed E-state index contributed by atoms with van der Waals surface area (Å²) in [4.78, 5) is 32.7. The molecule has 0 fully saturated rings. The van der Waals surface area contributed by atoms with Crippen LogP contribution >= 0.6 is 0 Å². The summed E-state index contributed by atoms with van der Waals surface area (Å²) < 4.78 is 27.1. The standard InChI is InChI=1S/C21H23FN4O3.C6H8O7/c1-28-18-7-6-15(10-19(18)29-14-16-4-2-3-5-17(16)22)11-25-8-9-26-20(12-25)23-24-21(26)13-27;7-3(8)1-6(13,5(11)12)2-4(9)10/h2-7,10,27H,8-9,11-14H2,1H3;13H,1-2H2,(H,7,8)(H,9,10)(H,11,12). The van der Waals surface area contributed by atoms with Gasteiger partial charge in [0.25, 0.3) is 0 Å². The van der Waals surface area contributed by atoms with Crippen molar-refractivity contribution in [2.75, 3.05) is 13.7 Å². The van der Waals surface area contributed by atoms with Crippen LogP contribution in [-0.2, 0) is 47.2 Å². The molecular formula is C27H31FN4O10. The van der Waals surface area contributed by atoms with E-state index < -0.39 is 36.4 Å². The third-order valence-electron chi connectivity index (χ3n) is 6.31. The van der Waals surface area contributed by atoms with Crippen molar-refractivity contribution < 1.29 is 53.8 Å². The van der Waals surface area contributed by atoms with Crippen LogP contribution in [0.4, 0.5) is 4.39 Å². The number of hydrogen-bond donors (Lipinski definition) is 5. The third-order valence-corrected chi connectivity index (χ3v) is 6.31. The summed E-state index contributed by atoms with van der Waals surface area (Å²) in [5, 5.41) is 51.3. The van der Waals surface area contributed by atoms with E-state index >= 15 is 0 Å². The summed E-state index contributed by atoms with van der Waals surface area (Å²) in [6.45, 7) is 2.96. The molecule has 0 saturated carbocycles. The van der Waals surface area contributed by atoms with Crippen molar-refractivity contribution in [1.82, 2.24) is 19.7 Å². The maximum Gasteiger partial charge on any atom is 0.336 e. The molecule has 2 heterocycles. The lowest BCUT2D eigenvalue weighted by Crippen LogP contribution is -2.42. The number of benzene rings is 2. The Bertz CT molecular complexity index is 1400. The van der Waals surface area contributed by atoms with Crippen LogP contribution in [0.5, 0.6) is 11.5 Å². The second-order valence-electron chi connectivity index (χ2n) is 9.40. The quantitative estimate of drug-likeness (QED) is 0.202. The lowest BCUT2D eigenvalue weighted by atomic mass is 9.96. The maximum atomic E-state index is 13.9. The normalized spacial score (nSPS) is 13.0. The van der Waals surface area contributed by atoms with Gasteiger partial charge in [0.2, 0.25) is 0 Å². The molecule has 5 N–H and O–H groups in total. The van der Waals surface area contributed by atoms with Crippen LogP contribution in [0.2, 0.25) is 0 Å². The summed E-state index contributed by atoms with van der Waals surface area (Å²) in [5.74, 6) is -2.67. The van der Waals surface area contributed by atoms with Gasteiger partial charge in [-0.2, -0.15) is 0 Å². The molecular weight excluding hydrogens is 559 g/mol. The van der Waals surface area contributed by atoms with E-state index in [0.717, 1.165) is 24.5 Å². The number of aromatic nitrogens is 3. The van der Waals surface area contributed by atoms with Gasteiger partial charge in [-0.1, -0.05) is 24.3 Å². The van der Waals surface area contributed by atoms with Crippen molar-refractivity contribution >= 4 is 17.9 Å². The molecule has 14 nitrogen and oxygen atoms in total. The zero-order chi connectivity index (χ0) is 30.9. The second-order valence-corrected chi connectivity index (χ2v) is 9.40. The fraction of sp³-hybridized carbons (Fsp3) is 0.370. The highest BCUT2D eigenvalue weighted by molar-refractivity contribution is 5.88. The van der Waals surface area contributed by atoms with Crippen molar-refractivity contribution in [1.29, 1.82) is 0 Å². The van der Waals surface area contributed by atoms with Crippen LogP contribution in [0.25, 0.3) is 0 Å². The molecule has 0 spiro atoms. The predicted octanol–water partition coefficient (Wildman–Crippen LogP) is 1.26. The molecule has 226 valence electrons. The zero-order valence-corrected chi connectivity index (χ0v) is 22.6. The summed E-state index contributed by atoms with van der Waals surface area (Å²) in [6.07, 6.45) is -2.29. The molecule has 0 saturated heterocycles. The lowest BCUT2D eigenvalue weighted by Gasteiger charge is -2.27. The maximum absolute atomic E-state index is 13.9. The molecule has 2 aromatic carbocycles. The molecule has 15 heteroatoms. The van der Waals surface area contributed by atoms with Gasteiger partial charge >= 0.3 is 17.9 Å². The molecule has 42 heavy (non-hydrogen) atoms. The number of rotatable bonds is 12. The third kappa shape index (κ3) is 8.45. The molecule has 0 radical (unpaired) electrons. The number of aliphatic hydroxyl groups excluding tert-OH is 1. The van der Waals surface area contributed by atoms with Crippen LogP contribution < -0.4 is 9.47 Å². The highest BCUT2D eigenvalue weighted by Crippen LogP contribution is 2.30. The number of aliphatic carboxylic acids is 3. The minimum atomic E-state index is -2.74. The highest BCUT2D eigenvalue weighted by atomic mass is 19.1. The Hall–Kier alpha value is -4.60. The average molecular weight is 591 g/mol. The molecule has 0 unspecified atom stereocenters. The van der Waals surface area contributed by atoms with E-state index in [2.05, 4.69) is 15.1 Å². The van der Waals surface area contributed by atoms with Crippen LogP contribution in [0, 0.1) is 5.82 Å². The van der Waals surface area contributed by atoms with E-state index in [1.165, 1.54) is 6.07 Å². The molecule has 4 rings (SSSR count). The van der Waals surface area contributed by atoms with Crippen LogP contribution in [0.1, 0.15) is 35.6 Å². The number of hydrogen-bond acceptors (Lipinski definition) is 10. The largest absolute Gasteiger partial charge is 0.493 e. The van der Waals surface area contributed by atoms with Gasteiger partial charge in [-0.25, -0.2) is 9.18 Å². The van der Waals surface area contributed by atoms with Crippen LogP contribution in [-0.4, -0.2) is 82.4 Å². The predicted molar refractivity (Wildman–Crippen MR) is 141 cm³/mol. The Morgan fingerprint density at radius 2 is 1.69 bits per heavy atom. The molecule has 0 aliphatic carbocycles. The fourth-order valence-electron chi connectivity index (χ4n) is 4.20. The summed E-state index contributed by atoms with van der Waals surface area (Å²) >= 11 is 0. The first-order chi connectivity index (χ1) is 19.9. The molecule has 3 aromatic rings. The van der Waals surface area contributed by atoms with Crippen molar-refractivity contribution in [2.45, 2.75) is 51.3 Å². The summed E-state index contributed by atoms with van der Waals surface area (Å²) in [7, 11) is 1.58. The van der Waals surface area contributed by atoms with Crippen molar-refractivity contribution in [3.63, 3.8) is 0 Å². The number of carbonyl (C=O) groups is 3. The van der Waals surface area contributed by atoms with Gasteiger partial charge in [-0.3, -0.25) is 14.5 Å². The van der Waals surface area contributed by atoms with E-state index in [-0.39, 0.29) is 19.0 Å². The molecule has 1 aromatic heterocycles. The van der Waals surface area contributed by atoms with Gasteiger partial charge in [0, 0.05) is 25.2 Å². The number of halogens is 1. The Balaban J connectivity index is 0.000000316. The summed E-state index contributed by atoms with van der Waals surface area (Å²) in [6, 6.07) is 12.4. The average Bonchev–Trinajstić information content (AvgIpc) is 3.34. The van der Waals surface area contributed by atoms with E-state index in [4.69, 9.17) is 29.9 Å². The molecule has 0 amide bonds. The zero-order valence-electron chi connectivity index (χ0n) is 22.6. The summed E-state index contributed by atoms with van der Waals surface area (Å²) in [5.41, 5.74) is -1.18. The second kappa shape index (κ2) is 14.3. The number of ether oxygens (including phenoxy) is 2. The number of carboxylic acids is 3. The van der Waals surface area contributed by atoms with Gasteiger partial charge < -0.3 is 39.6 Å². The Labute approximate surface area is 239 Å². The number of carboxylic acid groups (broad SMARTS) is 3. The van der Waals surface area contributed by atoms with E-state index in [1.54, 1.807) is 25.3 Å². The fourth-order valence-corrected chi connectivity index (χ4v) is 4.20. The molecule has 0 atom stereocenters. The first kappa shape index (κ1) is 31.9. The Morgan fingerprint density at radius 3 is 2.29 bits per heavy atom. The highest BCUT2D eigenvalue weighted by Gasteiger charge is 2.40. The van der Waals surface area contributed by atoms with Crippen molar-refractivity contribution in [3.05, 3.63) is 71.1 Å². The number of nitrogens with zero attached hydrogens (tertiary/aromatic N) is 4. The van der Waals surface area contributed by atoms with Gasteiger partial charge in [-0.05, 0) is 23.8 Å². The van der Waals surface area contributed by atoms with Crippen molar-refractivity contribution in [3.8, 4) is 11.5 Å². The van der Waals surface area contributed by atoms with Gasteiger partial charge in [0.05, 0.1) is 26.5 Å². The van der Waals surface area contributed by atoms with E-state index in [1.807, 2.05) is 22.8 Å². The Morgan fingerprint density at radius 1 is 1.00 bits per heavy atom. The lowest BCUT2D eigenvalue weighted by molar-refractivity contribution is -0.170. The van der Waals surface area contributed by atoms with Crippen LogP contribution in [0.3, 0.4) is 0 Å². The topological polar surface area (TPSA) is 205 Å². The van der Waals surface area contributed by atoms with E-state index in [9.17, 15) is 23.9 Å². The minimum absolute atomic E-state index is 0.103. The first-order valence-electron chi connectivity index (χ1n) is 12.6. The number of methoxy groups -OCH3 is 1. The Kier molecular flexibility index (Phi) is 10.9. The first-order valence-corrected chi connectivity index (χ1v) is 12.6. The molecule has 1 aliphatic heterocycles. The smallest absolute Gasteiger partial charge is 0.336 e. The van der Waals surface area contributed by atoms with Gasteiger partial charge in [0.15, 0.2) is 22.9 Å². The molecule has 1 aliphatic rings. The SMILES string of the molecule is COc1ccc(CN2CCn3c(CO)nnc3C2)cc1OCc1ccccc1F.O=C(O)CC(O)(CC(=O)O)C(=O)O. The van der Waals surface area contributed by atoms with Gasteiger partial charge in [0.1, 0.15) is 24.9 Å². The number of fused-ring (bicyclic) bond motifs is 1. The van der Waals surface area contributed by atoms with Crippen LogP contribution in [0.15, 0.2) is 42.5 Å². The van der Waals surface area contributed by atoms with E-state index in [0.29, 0.717) is 36.0 Å². The van der Waals surface area contributed by atoms with Gasteiger partial charge in [-0.15, -0.1) is 10.2 Å². The minimum Gasteiger partial charge on any atom is -0.493 e. The molecule has 0 bridgehead atoms.